The maximum Gasteiger partial charge on any atom is 0.0211 e. The molecule has 2 heteroatoms. The molecule has 29 heavy (non-hydrogen) atoms. The molecule has 0 aliphatic heterocycles. The highest BCUT2D eigenvalue weighted by atomic mass is 127. The molecule has 0 saturated carbocycles. The Hall–Kier alpha value is -1.39. The van der Waals surface area contributed by atoms with Crippen molar-refractivity contribution in [2.45, 2.75) is 57.9 Å². The van der Waals surface area contributed by atoms with Crippen LogP contribution in [-0.2, 0) is 6.54 Å². The molecule has 0 atom stereocenters. The summed E-state index contributed by atoms with van der Waals surface area (Å²) in [6.45, 7) is 2.08. The monoisotopic (exact) mass is 497 g/mol. The minimum Gasteiger partial charge on any atom is -0.313 e. The van der Waals surface area contributed by atoms with Crippen LogP contribution in [0.15, 0.2) is 54.6 Å². The van der Waals surface area contributed by atoms with Gasteiger partial charge in [-0.1, -0.05) is 116 Å². The summed E-state index contributed by atoms with van der Waals surface area (Å²) >= 11 is 2.48. The minimum atomic E-state index is 0.963. The Morgan fingerprint density at radius 3 is 1.90 bits per heavy atom. The first-order chi connectivity index (χ1) is 14.4. The van der Waals surface area contributed by atoms with Crippen molar-refractivity contribution in [3.8, 4) is 0 Å². The number of rotatable bonds is 12. The lowest BCUT2D eigenvalue weighted by molar-refractivity contribution is 0.556. The van der Waals surface area contributed by atoms with Gasteiger partial charge in [-0.3, -0.25) is 0 Å². The van der Waals surface area contributed by atoms with Crippen LogP contribution in [0, 0.1) is 0 Å². The van der Waals surface area contributed by atoms with E-state index in [4.69, 9.17) is 0 Å². The van der Waals surface area contributed by atoms with Gasteiger partial charge in [0.25, 0.3) is 0 Å². The van der Waals surface area contributed by atoms with E-state index in [1.807, 2.05) is 0 Å². The van der Waals surface area contributed by atoms with Gasteiger partial charge in [0.2, 0.25) is 0 Å². The number of benzene rings is 4. The van der Waals surface area contributed by atoms with E-state index in [0.29, 0.717) is 0 Å². The first-order valence-corrected chi connectivity index (χ1v) is 12.8. The zero-order chi connectivity index (χ0) is 19.9. The molecule has 0 bridgehead atoms. The Morgan fingerprint density at radius 1 is 0.586 bits per heavy atom. The van der Waals surface area contributed by atoms with Gasteiger partial charge in [-0.05, 0) is 61.7 Å². The average molecular weight is 497 g/mol. The molecule has 152 valence electrons. The SMILES string of the molecule is ICCCCCCCCCCNCc1ccc2ccc3cccc4ccc1c2c34. The van der Waals surface area contributed by atoms with Gasteiger partial charge in [0, 0.05) is 6.54 Å². The maximum absolute atomic E-state index is 3.69. The predicted octanol–water partition coefficient (Wildman–Crippen LogP) is 8.23. The molecule has 0 heterocycles. The molecule has 0 radical (unpaired) electrons. The van der Waals surface area contributed by atoms with E-state index in [-0.39, 0.29) is 0 Å². The van der Waals surface area contributed by atoms with Crippen LogP contribution in [0.25, 0.3) is 32.3 Å². The van der Waals surface area contributed by atoms with Crippen LogP contribution in [0.4, 0.5) is 0 Å². The van der Waals surface area contributed by atoms with Crippen molar-refractivity contribution in [1.82, 2.24) is 5.32 Å². The maximum atomic E-state index is 3.69. The van der Waals surface area contributed by atoms with E-state index in [1.54, 1.807) is 0 Å². The van der Waals surface area contributed by atoms with E-state index >= 15 is 0 Å². The molecule has 0 unspecified atom stereocenters. The van der Waals surface area contributed by atoms with Gasteiger partial charge in [-0.15, -0.1) is 0 Å². The third-order valence-electron chi connectivity index (χ3n) is 6.17. The Balaban J connectivity index is 1.30. The predicted molar refractivity (Wildman–Crippen MR) is 138 cm³/mol. The molecule has 0 saturated heterocycles. The Kier molecular flexibility index (Phi) is 7.61. The number of hydrogen-bond donors (Lipinski definition) is 1. The van der Waals surface area contributed by atoms with Crippen LogP contribution in [-0.4, -0.2) is 11.0 Å². The summed E-state index contributed by atoms with van der Waals surface area (Å²) in [6.07, 6.45) is 11.1. The molecule has 0 aromatic heterocycles. The lowest BCUT2D eigenvalue weighted by Gasteiger charge is -2.14. The van der Waals surface area contributed by atoms with Crippen molar-refractivity contribution in [2.24, 2.45) is 0 Å². The number of halogens is 1. The van der Waals surface area contributed by atoms with Crippen LogP contribution in [0.2, 0.25) is 0 Å². The van der Waals surface area contributed by atoms with Crippen LogP contribution >= 0.6 is 22.6 Å². The van der Waals surface area contributed by atoms with Crippen molar-refractivity contribution in [2.75, 3.05) is 11.0 Å². The molecule has 4 rings (SSSR count). The summed E-state index contributed by atoms with van der Waals surface area (Å²) in [6, 6.07) is 20.4. The van der Waals surface area contributed by atoms with Crippen LogP contribution in [0.5, 0.6) is 0 Å². The first-order valence-electron chi connectivity index (χ1n) is 11.3. The standard InChI is InChI=1S/C27H32IN/c28-18-7-5-3-1-2-4-6-8-19-29-20-24-15-14-23-13-12-21-10-9-11-22-16-17-25(24)27(23)26(21)22/h9-17,29H,1-8,18-20H2. The minimum absolute atomic E-state index is 0.963. The third-order valence-corrected chi connectivity index (χ3v) is 6.93. The van der Waals surface area contributed by atoms with Gasteiger partial charge in [-0.2, -0.15) is 0 Å². The quantitative estimate of drug-likeness (QED) is 0.0900. The highest BCUT2D eigenvalue weighted by Gasteiger charge is 2.10. The Labute approximate surface area is 188 Å². The van der Waals surface area contributed by atoms with Gasteiger partial charge in [-0.25, -0.2) is 0 Å². The first kappa shape index (κ1) is 20.9. The van der Waals surface area contributed by atoms with Crippen LogP contribution < -0.4 is 5.32 Å². The molecule has 4 aromatic rings. The molecule has 0 amide bonds. The lowest BCUT2D eigenvalue weighted by atomic mass is 9.92. The van der Waals surface area contributed by atoms with Gasteiger partial charge in [0.05, 0.1) is 0 Å². The van der Waals surface area contributed by atoms with Gasteiger partial charge < -0.3 is 5.32 Å². The second-order valence-corrected chi connectivity index (χ2v) is 9.35. The summed E-state index contributed by atoms with van der Waals surface area (Å²) in [4.78, 5) is 0. The summed E-state index contributed by atoms with van der Waals surface area (Å²) in [5.74, 6) is 0. The van der Waals surface area contributed by atoms with E-state index in [0.717, 1.165) is 13.1 Å². The zero-order valence-corrected chi connectivity index (χ0v) is 19.5. The summed E-state index contributed by atoms with van der Waals surface area (Å²) < 4.78 is 1.32. The molecule has 1 N–H and O–H groups in total. The van der Waals surface area contributed by atoms with E-state index in [9.17, 15) is 0 Å². The van der Waals surface area contributed by atoms with E-state index in [1.165, 1.54) is 93.7 Å². The fourth-order valence-electron chi connectivity index (χ4n) is 4.58. The molecule has 0 spiro atoms. The Bertz CT molecular complexity index is 1020. The van der Waals surface area contributed by atoms with Crippen molar-refractivity contribution < 1.29 is 0 Å². The Morgan fingerprint density at radius 2 is 1.17 bits per heavy atom. The van der Waals surface area contributed by atoms with Gasteiger partial charge in [0.1, 0.15) is 0 Å². The topological polar surface area (TPSA) is 12.0 Å². The van der Waals surface area contributed by atoms with Gasteiger partial charge >= 0.3 is 0 Å². The zero-order valence-electron chi connectivity index (χ0n) is 17.4. The number of nitrogens with one attached hydrogen (secondary N) is 1. The molecule has 1 nitrogen and oxygen atoms in total. The number of alkyl halides is 1. The molecule has 0 fully saturated rings. The van der Waals surface area contributed by atoms with Crippen molar-refractivity contribution in [3.05, 3.63) is 60.2 Å². The van der Waals surface area contributed by atoms with E-state index < -0.39 is 0 Å². The highest BCUT2D eigenvalue weighted by Crippen LogP contribution is 2.35. The molecule has 0 aliphatic rings. The fraction of sp³-hybridized carbons (Fsp3) is 0.407. The van der Waals surface area contributed by atoms with Crippen molar-refractivity contribution in [3.63, 3.8) is 0 Å². The lowest BCUT2D eigenvalue weighted by Crippen LogP contribution is -2.14. The average Bonchev–Trinajstić information content (AvgIpc) is 2.76. The summed E-state index contributed by atoms with van der Waals surface area (Å²) in [7, 11) is 0. The second-order valence-electron chi connectivity index (χ2n) is 8.27. The van der Waals surface area contributed by atoms with Crippen LogP contribution in [0.3, 0.4) is 0 Å². The third kappa shape index (κ3) is 5.03. The number of unbranched alkanes of at least 4 members (excludes halogenated alkanes) is 7. The second kappa shape index (κ2) is 10.6. The summed E-state index contributed by atoms with van der Waals surface area (Å²) in [5, 5.41) is 12.0. The highest BCUT2D eigenvalue weighted by molar-refractivity contribution is 14.1. The molecular weight excluding hydrogens is 465 g/mol. The normalized spacial score (nSPS) is 11.9. The smallest absolute Gasteiger partial charge is 0.0211 e. The van der Waals surface area contributed by atoms with E-state index in [2.05, 4.69) is 82.5 Å². The molecule has 4 aromatic carbocycles. The van der Waals surface area contributed by atoms with Crippen molar-refractivity contribution >= 4 is 54.9 Å². The van der Waals surface area contributed by atoms with Crippen LogP contribution in [0.1, 0.15) is 56.9 Å². The summed E-state index contributed by atoms with van der Waals surface area (Å²) in [5.41, 5.74) is 1.42. The number of hydrogen-bond acceptors (Lipinski definition) is 1. The fourth-order valence-corrected chi connectivity index (χ4v) is 5.12. The molecule has 0 aliphatic carbocycles. The van der Waals surface area contributed by atoms with Crippen molar-refractivity contribution in [1.29, 1.82) is 0 Å². The van der Waals surface area contributed by atoms with Gasteiger partial charge in [0.15, 0.2) is 0 Å². The molecular formula is C27H32IN. The largest absolute Gasteiger partial charge is 0.313 e.